The number of ether oxygens (including phenoxy) is 1. The number of carbonyl (C=O) groups is 1. The zero-order valence-electron chi connectivity index (χ0n) is 14.4. The van der Waals surface area contributed by atoms with Crippen molar-refractivity contribution in [1.82, 2.24) is 4.90 Å². The third kappa shape index (κ3) is 3.08. The van der Waals surface area contributed by atoms with E-state index < -0.39 is 5.41 Å². The summed E-state index contributed by atoms with van der Waals surface area (Å²) in [5.74, 6) is -0.365. The van der Waals surface area contributed by atoms with Crippen LogP contribution in [-0.4, -0.2) is 52.9 Å². The van der Waals surface area contributed by atoms with E-state index in [2.05, 4.69) is 11.9 Å². The summed E-state index contributed by atoms with van der Waals surface area (Å²) in [7, 11) is 2.15. The van der Waals surface area contributed by atoms with Crippen LogP contribution in [0.2, 0.25) is 0 Å². The average molecular weight is 333 g/mol. The van der Waals surface area contributed by atoms with Crippen molar-refractivity contribution >= 4 is 5.97 Å². The van der Waals surface area contributed by atoms with Crippen molar-refractivity contribution < 1.29 is 19.7 Å². The van der Waals surface area contributed by atoms with E-state index in [-0.39, 0.29) is 25.3 Å². The van der Waals surface area contributed by atoms with Gasteiger partial charge in [-0.3, -0.25) is 4.79 Å². The number of hydrogen-bond donors (Lipinski definition) is 2. The molecule has 2 aliphatic heterocycles. The van der Waals surface area contributed by atoms with Crippen LogP contribution in [0.1, 0.15) is 43.7 Å². The van der Waals surface area contributed by atoms with Gasteiger partial charge in [-0.05, 0) is 50.8 Å². The van der Waals surface area contributed by atoms with E-state index in [9.17, 15) is 9.90 Å². The smallest absolute Gasteiger partial charge is 0.318 e. The molecule has 2 aliphatic rings. The first-order valence-electron chi connectivity index (χ1n) is 8.72. The minimum absolute atomic E-state index is 0.0427. The summed E-state index contributed by atoms with van der Waals surface area (Å²) >= 11 is 0. The molecule has 2 N–H and O–H groups in total. The number of aliphatic hydroxyl groups excluding tert-OH is 2. The standard InChI is InChI=1S/C19H27NO4/c1-19(12-22,14-5-3-13(11-21)4-6-14)18(23)24-17-9-15-7-8-16(10-17)20(15)2/h3-6,15-17,21-22H,7-12H2,1-2H3. The summed E-state index contributed by atoms with van der Waals surface area (Å²) in [5.41, 5.74) is 0.415. The number of fused-ring (bicyclic) bond motifs is 2. The molecule has 3 unspecified atom stereocenters. The number of benzene rings is 1. The summed E-state index contributed by atoms with van der Waals surface area (Å²) in [5, 5.41) is 19.0. The van der Waals surface area contributed by atoms with Crippen molar-refractivity contribution in [2.75, 3.05) is 13.7 Å². The van der Waals surface area contributed by atoms with Crippen LogP contribution in [0.3, 0.4) is 0 Å². The Morgan fingerprint density at radius 3 is 2.29 bits per heavy atom. The molecule has 0 aromatic heterocycles. The van der Waals surface area contributed by atoms with Gasteiger partial charge in [-0.25, -0.2) is 0 Å². The van der Waals surface area contributed by atoms with E-state index in [0.29, 0.717) is 17.6 Å². The predicted octanol–water partition coefficient (Wildman–Crippen LogP) is 1.60. The number of piperidine rings is 1. The number of nitrogens with zero attached hydrogens (tertiary/aromatic N) is 1. The van der Waals surface area contributed by atoms with Crippen LogP contribution in [0.4, 0.5) is 0 Å². The van der Waals surface area contributed by atoms with Gasteiger partial charge < -0.3 is 19.8 Å². The second kappa shape index (κ2) is 6.82. The summed E-state index contributed by atoms with van der Waals surface area (Å²) in [6.45, 7) is 1.37. The van der Waals surface area contributed by atoms with Crippen molar-refractivity contribution in [3.05, 3.63) is 35.4 Å². The SMILES string of the molecule is CN1C2CCC1CC(OC(=O)C(C)(CO)c1ccc(CO)cc1)C2. The van der Waals surface area contributed by atoms with E-state index in [0.717, 1.165) is 18.4 Å². The Hall–Kier alpha value is -1.43. The maximum absolute atomic E-state index is 12.8. The molecule has 2 heterocycles. The van der Waals surface area contributed by atoms with Gasteiger partial charge in [0.2, 0.25) is 0 Å². The molecule has 0 saturated carbocycles. The van der Waals surface area contributed by atoms with Crippen LogP contribution in [0, 0.1) is 0 Å². The fraction of sp³-hybridized carbons (Fsp3) is 0.632. The molecule has 132 valence electrons. The van der Waals surface area contributed by atoms with Gasteiger partial charge in [0.25, 0.3) is 0 Å². The van der Waals surface area contributed by atoms with Crippen LogP contribution in [-0.2, 0) is 21.6 Å². The lowest BCUT2D eigenvalue weighted by Gasteiger charge is -2.37. The lowest BCUT2D eigenvalue weighted by atomic mass is 9.83. The Balaban J connectivity index is 1.71. The number of esters is 1. The third-order valence-corrected chi connectivity index (χ3v) is 5.87. The largest absolute Gasteiger partial charge is 0.462 e. The lowest BCUT2D eigenvalue weighted by molar-refractivity contribution is -0.160. The molecule has 0 radical (unpaired) electrons. The molecule has 5 heteroatoms. The first-order valence-corrected chi connectivity index (χ1v) is 8.72. The molecular formula is C19H27NO4. The Morgan fingerprint density at radius 1 is 1.21 bits per heavy atom. The molecule has 0 spiro atoms. The maximum atomic E-state index is 12.8. The van der Waals surface area contributed by atoms with E-state index in [1.807, 2.05) is 0 Å². The van der Waals surface area contributed by atoms with Crippen molar-refractivity contribution in [1.29, 1.82) is 0 Å². The van der Waals surface area contributed by atoms with Gasteiger partial charge in [0, 0.05) is 12.1 Å². The van der Waals surface area contributed by atoms with Crippen LogP contribution in [0.5, 0.6) is 0 Å². The van der Waals surface area contributed by atoms with E-state index >= 15 is 0 Å². The molecule has 24 heavy (non-hydrogen) atoms. The Labute approximate surface area is 143 Å². The number of carbonyl (C=O) groups excluding carboxylic acids is 1. The highest BCUT2D eigenvalue weighted by Gasteiger charge is 2.43. The number of rotatable bonds is 5. The van der Waals surface area contributed by atoms with Gasteiger partial charge in [-0.2, -0.15) is 0 Å². The fourth-order valence-electron chi connectivity index (χ4n) is 3.99. The molecule has 2 fully saturated rings. The zero-order valence-corrected chi connectivity index (χ0v) is 14.4. The quantitative estimate of drug-likeness (QED) is 0.801. The molecule has 2 saturated heterocycles. The molecule has 3 atom stereocenters. The molecule has 1 aromatic rings. The fourth-order valence-corrected chi connectivity index (χ4v) is 3.99. The first kappa shape index (κ1) is 17.4. The minimum Gasteiger partial charge on any atom is -0.462 e. The Kier molecular flexibility index (Phi) is 4.95. The van der Waals surface area contributed by atoms with Crippen molar-refractivity contribution in [2.45, 2.75) is 62.8 Å². The number of aliphatic hydroxyl groups is 2. The Bertz CT molecular complexity index is 574. The van der Waals surface area contributed by atoms with Gasteiger partial charge in [0.15, 0.2) is 0 Å². The highest BCUT2D eigenvalue weighted by Crippen LogP contribution is 2.36. The average Bonchev–Trinajstić information content (AvgIpc) is 2.82. The lowest BCUT2D eigenvalue weighted by Crippen LogP contribution is -2.46. The molecule has 1 aromatic carbocycles. The van der Waals surface area contributed by atoms with Crippen LogP contribution >= 0.6 is 0 Å². The number of hydrogen-bond acceptors (Lipinski definition) is 5. The monoisotopic (exact) mass is 333 g/mol. The third-order valence-electron chi connectivity index (χ3n) is 5.87. The van der Waals surface area contributed by atoms with Gasteiger partial charge in [0.05, 0.1) is 13.2 Å². The molecular weight excluding hydrogens is 306 g/mol. The maximum Gasteiger partial charge on any atom is 0.318 e. The molecule has 3 rings (SSSR count). The van der Waals surface area contributed by atoms with Gasteiger partial charge in [-0.15, -0.1) is 0 Å². The van der Waals surface area contributed by atoms with Gasteiger partial charge >= 0.3 is 5.97 Å². The predicted molar refractivity (Wildman–Crippen MR) is 90.5 cm³/mol. The van der Waals surface area contributed by atoms with E-state index in [4.69, 9.17) is 9.84 Å². The summed E-state index contributed by atoms with van der Waals surface area (Å²) in [6, 6.07) is 8.11. The first-order chi connectivity index (χ1) is 11.5. The highest BCUT2D eigenvalue weighted by atomic mass is 16.5. The van der Waals surface area contributed by atoms with Crippen molar-refractivity contribution in [3.8, 4) is 0 Å². The van der Waals surface area contributed by atoms with E-state index in [1.54, 1.807) is 31.2 Å². The van der Waals surface area contributed by atoms with Gasteiger partial charge in [-0.1, -0.05) is 24.3 Å². The van der Waals surface area contributed by atoms with Crippen LogP contribution in [0.25, 0.3) is 0 Å². The van der Waals surface area contributed by atoms with Crippen molar-refractivity contribution in [3.63, 3.8) is 0 Å². The Morgan fingerprint density at radius 2 is 1.79 bits per heavy atom. The minimum atomic E-state index is -1.07. The normalized spacial score (nSPS) is 29.2. The van der Waals surface area contributed by atoms with Crippen LogP contribution < -0.4 is 0 Å². The summed E-state index contributed by atoms with van der Waals surface area (Å²) in [4.78, 5) is 15.2. The highest BCUT2D eigenvalue weighted by molar-refractivity contribution is 5.83. The molecule has 0 amide bonds. The molecule has 0 aliphatic carbocycles. The van der Waals surface area contributed by atoms with Gasteiger partial charge in [0.1, 0.15) is 11.5 Å². The second-order valence-corrected chi connectivity index (χ2v) is 7.39. The second-order valence-electron chi connectivity index (χ2n) is 7.39. The summed E-state index contributed by atoms with van der Waals surface area (Å²) in [6.07, 6.45) is 4.05. The topological polar surface area (TPSA) is 70.0 Å². The van der Waals surface area contributed by atoms with Crippen molar-refractivity contribution in [2.24, 2.45) is 0 Å². The molecule has 2 bridgehead atoms. The van der Waals surface area contributed by atoms with E-state index in [1.165, 1.54) is 12.8 Å². The molecule has 5 nitrogen and oxygen atoms in total. The van der Waals surface area contributed by atoms with Crippen LogP contribution in [0.15, 0.2) is 24.3 Å². The summed E-state index contributed by atoms with van der Waals surface area (Å²) < 4.78 is 5.81. The zero-order chi connectivity index (χ0) is 17.3.